The van der Waals surface area contributed by atoms with Crippen molar-refractivity contribution >= 4 is 39.3 Å². The Morgan fingerprint density at radius 1 is 0.972 bits per heavy atom. The summed E-state index contributed by atoms with van der Waals surface area (Å²) in [5.41, 5.74) is 4.70. The number of pyridine rings is 2. The van der Waals surface area contributed by atoms with Gasteiger partial charge in [-0.05, 0) is 78.7 Å². The average Bonchev–Trinajstić information content (AvgIpc) is 3.42. The van der Waals surface area contributed by atoms with E-state index < -0.39 is 0 Å². The molecule has 1 fully saturated rings. The molecule has 6 nitrogen and oxygen atoms in total. The largest absolute Gasteiger partial charge is 0.348 e. The fourth-order valence-corrected chi connectivity index (χ4v) is 4.92. The normalized spacial score (nSPS) is 15.4. The molecule has 0 aliphatic carbocycles. The van der Waals surface area contributed by atoms with Crippen LogP contribution in [-0.2, 0) is 0 Å². The van der Waals surface area contributed by atoms with Crippen molar-refractivity contribution in [3.05, 3.63) is 106 Å². The fraction of sp³-hybridized carbons (Fsp3) is 0.138. The van der Waals surface area contributed by atoms with Crippen molar-refractivity contribution in [3.8, 4) is 16.8 Å². The third-order valence-corrected chi connectivity index (χ3v) is 6.93. The molecule has 36 heavy (non-hydrogen) atoms. The highest BCUT2D eigenvalue weighted by atomic mass is 35.5. The second kappa shape index (κ2) is 9.22. The topological polar surface area (TPSA) is 76.0 Å². The SMILES string of the molecule is O=C(NC1CCNC1)c1ccc(-n2c(=O)ccc3cnc4ccc(-c5ccc(Cl)cc5)cc4c32)cc1. The molecule has 1 saturated heterocycles. The predicted molar refractivity (Wildman–Crippen MR) is 144 cm³/mol. The molecule has 2 N–H and O–H groups in total. The minimum Gasteiger partial charge on any atom is -0.348 e. The molecule has 1 aliphatic rings. The summed E-state index contributed by atoms with van der Waals surface area (Å²) in [5.74, 6) is -0.109. The van der Waals surface area contributed by atoms with Crippen LogP contribution >= 0.6 is 11.6 Å². The number of carbonyl (C=O) groups is 1. The summed E-state index contributed by atoms with van der Waals surface area (Å²) in [7, 11) is 0. The number of hydrogen-bond acceptors (Lipinski definition) is 4. The molecule has 0 bridgehead atoms. The van der Waals surface area contributed by atoms with E-state index in [2.05, 4.69) is 21.7 Å². The second-order valence-corrected chi connectivity index (χ2v) is 9.45. The van der Waals surface area contributed by atoms with E-state index in [9.17, 15) is 9.59 Å². The molecule has 3 heterocycles. The van der Waals surface area contributed by atoms with E-state index in [0.717, 1.165) is 52.4 Å². The van der Waals surface area contributed by atoms with Crippen LogP contribution in [0.4, 0.5) is 0 Å². The van der Waals surface area contributed by atoms with Crippen molar-refractivity contribution < 1.29 is 4.79 Å². The molecule has 178 valence electrons. The predicted octanol–water partition coefficient (Wildman–Crippen LogP) is 4.95. The Morgan fingerprint density at radius 3 is 2.50 bits per heavy atom. The number of halogens is 1. The Kier molecular flexibility index (Phi) is 5.76. The van der Waals surface area contributed by atoms with Crippen molar-refractivity contribution in [2.24, 2.45) is 0 Å². The zero-order valence-corrected chi connectivity index (χ0v) is 20.1. The maximum Gasteiger partial charge on any atom is 0.255 e. The van der Waals surface area contributed by atoms with Gasteiger partial charge in [-0.1, -0.05) is 29.8 Å². The Bertz CT molecular complexity index is 1650. The second-order valence-electron chi connectivity index (χ2n) is 9.02. The summed E-state index contributed by atoms with van der Waals surface area (Å²) in [6, 6.07) is 24.4. The number of benzene rings is 3. The molecule has 1 atom stereocenters. The highest BCUT2D eigenvalue weighted by Crippen LogP contribution is 2.30. The van der Waals surface area contributed by atoms with E-state index >= 15 is 0 Å². The number of rotatable bonds is 4. The Balaban J connectivity index is 1.46. The maximum absolute atomic E-state index is 13.2. The number of nitrogens with zero attached hydrogens (tertiary/aromatic N) is 2. The van der Waals surface area contributed by atoms with Gasteiger partial charge >= 0.3 is 0 Å². The smallest absolute Gasteiger partial charge is 0.255 e. The van der Waals surface area contributed by atoms with Crippen LogP contribution in [0.3, 0.4) is 0 Å². The fourth-order valence-electron chi connectivity index (χ4n) is 4.80. The number of hydrogen-bond donors (Lipinski definition) is 2. The van der Waals surface area contributed by atoms with Crippen LogP contribution < -0.4 is 16.2 Å². The van der Waals surface area contributed by atoms with Crippen molar-refractivity contribution in [1.29, 1.82) is 0 Å². The van der Waals surface area contributed by atoms with Crippen LogP contribution in [0.1, 0.15) is 16.8 Å². The van der Waals surface area contributed by atoms with Gasteiger partial charge in [-0.15, -0.1) is 0 Å². The molecule has 6 rings (SSSR count). The first-order chi connectivity index (χ1) is 17.6. The third kappa shape index (κ3) is 4.15. The number of amides is 1. The number of fused-ring (bicyclic) bond motifs is 3. The first-order valence-electron chi connectivity index (χ1n) is 11.9. The van der Waals surface area contributed by atoms with Crippen LogP contribution in [0, 0.1) is 0 Å². The van der Waals surface area contributed by atoms with Gasteiger partial charge in [0.25, 0.3) is 11.5 Å². The van der Waals surface area contributed by atoms with Crippen LogP contribution in [0.25, 0.3) is 38.6 Å². The van der Waals surface area contributed by atoms with Gasteiger partial charge in [0.15, 0.2) is 0 Å². The molecular weight excluding hydrogens is 472 g/mol. The molecule has 7 heteroatoms. The molecular formula is C29H23ClN4O2. The van der Waals surface area contributed by atoms with Crippen molar-refractivity contribution in [2.45, 2.75) is 12.5 Å². The van der Waals surface area contributed by atoms with E-state index in [4.69, 9.17) is 11.6 Å². The van der Waals surface area contributed by atoms with Gasteiger partial charge in [0, 0.05) is 51.9 Å². The highest BCUT2D eigenvalue weighted by Gasteiger charge is 2.18. The number of carbonyl (C=O) groups excluding carboxylic acids is 1. The minimum atomic E-state index is -0.152. The molecule has 1 aliphatic heterocycles. The molecule has 3 aromatic carbocycles. The lowest BCUT2D eigenvalue weighted by Crippen LogP contribution is -2.36. The van der Waals surface area contributed by atoms with Gasteiger partial charge in [0.2, 0.25) is 0 Å². The Hall–Kier alpha value is -4.00. The molecule has 0 radical (unpaired) electrons. The lowest BCUT2D eigenvalue weighted by molar-refractivity contribution is 0.0940. The standard InChI is InChI=1S/C29H23ClN4O2/c30-22-7-1-18(2-8-22)20-5-11-26-25(15-20)28-21(16-32-26)6-12-27(35)34(28)24-9-3-19(4-10-24)29(36)33-23-13-14-31-17-23/h1-12,15-16,23,31H,13-14,17H2,(H,33,36). The minimum absolute atomic E-state index is 0.109. The van der Waals surface area contributed by atoms with E-state index in [0.29, 0.717) is 16.3 Å². The third-order valence-electron chi connectivity index (χ3n) is 6.68. The Morgan fingerprint density at radius 2 is 1.75 bits per heavy atom. The maximum atomic E-state index is 13.2. The van der Waals surface area contributed by atoms with E-state index in [1.807, 2.05) is 48.5 Å². The van der Waals surface area contributed by atoms with Crippen LogP contribution in [0.2, 0.25) is 5.02 Å². The van der Waals surface area contributed by atoms with Crippen molar-refractivity contribution in [1.82, 2.24) is 20.2 Å². The summed E-state index contributed by atoms with van der Waals surface area (Å²) < 4.78 is 1.69. The average molecular weight is 495 g/mol. The first-order valence-corrected chi connectivity index (χ1v) is 12.3. The molecule has 0 spiro atoms. The number of aromatic nitrogens is 2. The summed E-state index contributed by atoms with van der Waals surface area (Å²) in [5, 5.41) is 8.71. The zero-order valence-electron chi connectivity index (χ0n) is 19.4. The van der Waals surface area contributed by atoms with Crippen molar-refractivity contribution in [3.63, 3.8) is 0 Å². The summed E-state index contributed by atoms with van der Waals surface area (Å²) in [6.07, 6.45) is 2.71. The Labute approximate surface area is 212 Å². The van der Waals surface area contributed by atoms with E-state index in [1.165, 1.54) is 0 Å². The monoisotopic (exact) mass is 494 g/mol. The quantitative estimate of drug-likeness (QED) is 0.347. The van der Waals surface area contributed by atoms with Crippen molar-refractivity contribution in [2.75, 3.05) is 13.1 Å². The van der Waals surface area contributed by atoms with Crippen LogP contribution in [0.5, 0.6) is 0 Å². The molecule has 1 amide bonds. The summed E-state index contributed by atoms with van der Waals surface area (Å²) in [4.78, 5) is 30.4. The van der Waals surface area contributed by atoms with Gasteiger partial charge in [-0.2, -0.15) is 0 Å². The molecule has 1 unspecified atom stereocenters. The van der Waals surface area contributed by atoms with E-state index in [-0.39, 0.29) is 17.5 Å². The van der Waals surface area contributed by atoms with Gasteiger partial charge in [0.1, 0.15) is 0 Å². The lowest BCUT2D eigenvalue weighted by atomic mass is 10.0. The highest BCUT2D eigenvalue weighted by molar-refractivity contribution is 6.30. The van der Waals surface area contributed by atoms with Gasteiger partial charge < -0.3 is 10.6 Å². The zero-order chi connectivity index (χ0) is 24.6. The summed E-state index contributed by atoms with van der Waals surface area (Å²) >= 11 is 6.08. The first kappa shape index (κ1) is 22.5. The number of nitrogens with one attached hydrogen (secondary N) is 2. The lowest BCUT2D eigenvalue weighted by Gasteiger charge is -2.14. The van der Waals surface area contributed by atoms with Gasteiger partial charge in [0.05, 0.1) is 11.0 Å². The molecule has 2 aromatic heterocycles. The van der Waals surface area contributed by atoms with Crippen LogP contribution in [0.15, 0.2) is 89.9 Å². The molecule has 5 aromatic rings. The van der Waals surface area contributed by atoms with Crippen LogP contribution in [-0.4, -0.2) is 34.6 Å². The van der Waals surface area contributed by atoms with E-state index in [1.54, 1.807) is 35.0 Å². The van der Waals surface area contributed by atoms with Gasteiger partial charge in [-0.3, -0.25) is 19.1 Å². The summed E-state index contributed by atoms with van der Waals surface area (Å²) in [6.45, 7) is 1.70. The molecule has 0 saturated carbocycles. The van der Waals surface area contributed by atoms with Gasteiger partial charge in [-0.25, -0.2) is 0 Å².